The van der Waals surface area contributed by atoms with Gasteiger partial charge in [0.25, 0.3) is 0 Å². The molecule has 0 radical (unpaired) electrons. The number of nitrogens with one attached hydrogen (secondary N) is 2. The summed E-state index contributed by atoms with van der Waals surface area (Å²) in [6.45, 7) is 7.56. The van der Waals surface area contributed by atoms with Crippen LogP contribution >= 0.6 is 35.7 Å². The van der Waals surface area contributed by atoms with Crippen LogP contribution in [-0.2, 0) is 16.0 Å². The number of rotatable bonds is 11. The average molecular weight is 538 g/mol. The first-order valence-corrected chi connectivity index (χ1v) is 11.3. The molecule has 166 valence electrons. The van der Waals surface area contributed by atoms with Gasteiger partial charge in [0, 0.05) is 44.3 Å². The SMILES string of the molecule is CCOCCCNC(=NCc1ccc(OC)cc1)NCC1(SC)CCOCC1.I. The molecule has 2 N–H and O–H groups in total. The number of nitrogens with zero attached hydrogens (tertiary/aromatic N) is 1. The van der Waals surface area contributed by atoms with E-state index in [-0.39, 0.29) is 28.7 Å². The fraction of sp³-hybridized carbons (Fsp3) is 0.667. The number of benzene rings is 1. The zero-order valence-electron chi connectivity index (χ0n) is 17.9. The summed E-state index contributed by atoms with van der Waals surface area (Å²) in [7, 11) is 1.68. The van der Waals surface area contributed by atoms with Crippen molar-refractivity contribution in [3.63, 3.8) is 0 Å². The molecule has 0 unspecified atom stereocenters. The molecule has 1 heterocycles. The number of hydrogen-bond donors (Lipinski definition) is 2. The van der Waals surface area contributed by atoms with E-state index in [0.29, 0.717) is 6.54 Å². The van der Waals surface area contributed by atoms with Crippen molar-refractivity contribution >= 4 is 41.7 Å². The highest BCUT2D eigenvalue weighted by atomic mass is 127. The van der Waals surface area contributed by atoms with Crippen molar-refractivity contribution in [2.45, 2.75) is 37.5 Å². The first-order valence-electron chi connectivity index (χ1n) is 10.1. The molecule has 6 nitrogen and oxygen atoms in total. The van der Waals surface area contributed by atoms with Crippen molar-refractivity contribution in [3.8, 4) is 5.75 Å². The summed E-state index contributed by atoms with van der Waals surface area (Å²) in [4.78, 5) is 4.79. The lowest BCUT2D eigenvalue weighted by Gasteiger charge is -2.36. The molecule has 0 aliphatic carbocycles. The maximum Gasteiger partial charge on any atom is 0.191 e. The van der Waals surface area contributed by atoms with Crippen molar-refractivity contribution in [2.75, 3.05) is 52.9 Å². The number of guanidine groups is 1. The third kappa shape index (κ3) is 9.76. The molecular weight excluding hydrogens is 501 g/mol. The fourth-order valence-electron chi connectivity index (χ4n) is 3.04. The van der Waals surface area contributed by atoms with Gasteiger partial charge in [-0.1, -0.05) is 12.1 Å². The Hall–Kier alpha value is -0.710. The van der Waals surface area contributed by atoms with Gasteiger partial charge in [-0.05, 0) is 50.1 Å². The lowest BCUT2D eigenvalue weighted by Crippen LogP contribution is -2.48. The van der Waals surface area contributed by atoms with Gasteiger partial charge in [-0.15, -0.1) is 24.0 Å². The molecule has 2 rings (SSSR count). The Bertz CT molecular complexity index is 581. The van der Waals surface area contributed by atoms with E-state index >= 15 is 0 Å². The molecule has 1 aliphatic heterocycles. The first-order chi connectivity index (χ1) is 13.7. The molecule has 1 aromatic carbocycles. The molecule has 1 aliphatic rings. The van der Waals surface area contributed by atoms with E-state index in [2.05, 4.69) is 29.0 Å². The van der Waals surface area contributed by atoms with Gasteiger partial charge in [-0.25, -0.2) is 4.99 Å². The van der Waals surface area contributed by atoms with Crippen LogP contribution in [-0.4, -0.2) is 63.6 Å². The zero-order chi connectivity index (χ0) is 20.1. The highest BCUT2D eigenvalue weighted by Gasteiger charge is 2.31. The largest absolute Gasteiger partial charge is 0.497 e. The van der Waals surface area contributed by atoms with E-state index in [1.165, 1.54) is 0 Å². The summed E-state index contributed by atoms with van der Waals surface area (Å²) < 4.78 is 16.4. The lowest BCUT2D eigenvalue weighted by molar-refractivity contribution is 0.0782. The predicted molar refractivity (Wildman–Crippen MR) is 133 cm³/mol. The van der Waals surface area contributed by atoms with Crippen LogP contribution in [0.15, 0.2) is 29.3 Å². The highest BCUT2D eigenvalue weighted by molar-refractivity contribution is 14.0. The van der Waals surface area contributed by atoms with Crippen LogP contribution in [0, 0.1) is 0 Å². The number of hydrogen-bond acceptors (Lipinski definition) is 5. The number of aliphatic imine (C=N–C) groups is 1. The average Bonchev–Trinajstić information content (AvgIpc) is 2.76. The lowest BCUT2D eigenvalue weighted by atomic mass is 9.99. The van der Waals surface area contributed by atoms with Crippen LogP contribution in [0.25, 0.3) is 0 Å². The maximum atomic E-state index is 5.55. The Morgan fingerprint density at radius 3 is 2.55 bits per heavy atom. The molecule has 0 atom stereocenters. The summed E-state index contributed by atoms with van der Waals surface area (Å²) in [5.41, 5.74) is 1.15. The van der Waals surface area contributed by atoms with Crippen LogP contribution < -0.4 is 15.4 Å². The number of halogens is 1. The van der Waals surface area contributed by atoms with E-state index in [0.717, 1.165) is 76.1 Å². The van der Waals surface area contributed by atoms with Gasteiger partial charge in [0.2, 0.25) is 0 Å². The number of methoxy groups -OCH3 is 1. The number of thioether (sulfide) groups is 1. The predicted octanol–water partition coefficient (Wildman–Crippen LogP) is 3.69. The molecule has 0 spiro atoms. The normalized spacial score (nSPS) is 16.0. The van der Waals surface area contributed by atoms with Gasteiger partial charge in [-0.2, -0.15) is 11.8 Å². The molecule has 1 fully saturated rings. The summed E-state index contributed by atoms with van der Waals surface area (Å²) in [6.07, 6.45) is 5.28. The Morgan fingerprint density at radius 2 is 1.93 bits per heavy atom. The zero-order valence-corrected chi connectivity index (χ0v) is 21.0. The second-order valence-corrected chi connectivity index (χ2v) is 8.12. The molecule has 0 saturated carbocycles. The molecule has 29 heavy (non-hydrogen) atoms. The van der Waals surface area contributed by atoms with E-state index in [4.69, 9.17) is 19.2 Å². The van der Waals surface area contributed by atoms with E-state index < -0.39 is 0 Å². The van der Waals surface area contributed by atoms with Crippen molar-refractivity contribution in [2.24, 2.45) is 4.99 Å². The summed E-state index contributed by atoms with van der Waals surface area (Å²) >= 11 is 1.93. The molecular formula is C21H36IN3O3S. The minimum Gasteiger partial charge on any atom is -0.497 e. The summed E-state index contributed by atoms with van der Waals surface area (Å²) in [5.74, 6) is 1.72. The van der Waals surface area contributed by atoms with Crippen LogP contribution in [0.3, 0.4) is 0 Å². The van der Waals surface area contributed by atoms with Gasteiger partial charge >= 0.3 is 0 Å². The van der Waals surface area contributed by atoms with Crippen LogP contribution in [0.5, 0.6) is 5.75 Å². The fourth-order valence-corrected chi connectivity index (χ4v) is 3.83. The van der Waals surface area contributed by atoms with E-state index in [1.54, 1.807) is 7.11 Å². The standard InChI is InChI=1S/C21H35N3O3S.HI/c1-4-26-13-5-12-22-20(23-16-18-6-8-19(25-2)9-7-18)24-17-21(28-3)10-14-27-15-11-21;/h6-9H,4-5,10-17H2,1-3H3,(H2,22,23,24);1H. The molecule has 0 amide bonds. The third-order valence-corrected chi connectivity index (χ3v) is 6.37. The second kappa shape index (κ2) is 15.1. The van der Waals surface area contributed by atoms with Gasteiger partial charge in [0.1, 0.15) is 5.75 Å². The van der Waals surface area contributed by atoms with Gasteiger partial charge in [-0.3, -0.25) is 0 Å². The summed E-state index contributed by atoms with van der Waals surface area (Å²) in [6, 6.07) is 8.05. The van der Waals surface area contributed by atoms with E-state index in [1.807, 2.05) is 30.8 Å². The topological polar surface area (TPSA) is 64.1 Å². The third-order valence-electron chi connectivity index (χ3n) is 4.96. The van der Waals surface area contributed by atoms with Crippen molar-refractivity contribution < 1.29 is 14.2 Å². The quantitative estimate of drug-likeness (QED) is 0.194. The minimum atomic E-state index is 0. The van der Waals surface area contributed by atoms with Crippen LogP contribution in [0.2, 0.25) is 0 Å². The Balaban J connectivity index is 0.00000420. The van der Waals surface area contributed by atoms with Gasteiger partial charge in [0.15, 0.2) is 5.96 Å². The molecule has 0 aromatic heterocycles. The Labute approximate surface area is 197 Å². The van der Waals surface area contributed by atoms with E-state index in [9.17, 15) is 0 Å². The monoisotopic (exact) mass is 537 g/mol. The van der Waals surface area contributed by atoms with Crippen LogP contribution in [0.1, 0.15) is 31.7 Å². The van der Waals surface area contributed by atoms with Crippen LogP contribution in [0.4, 0.5) is 0 Å². The smallest absolute Gasteiger partial charge is 0.191 e. The second-order valence-electron chi connectivity index (χ2n) is 6.84. The summed E-state index contributed by atoms with van der Waals surface area (Å²) in [5, 5.41) is 7.01. The van der Waals surface area contributed by atoms with Crippen molar-refractivity contribution in [1.82, 2.24) is 10.6 Å². The van der Waals surface area contributed by atoms with Crippen molar-refractivity contribution in [1.29, 1.82) is 0 Å². The highest BCUT2D eigenvalue weighted by Crippen LogP contribution is 2.32. The maximum absolute atomic E-state index is 5.55. The number of ether oxygens (including phenoxy) is 3. The molecule has 0 bridgehead atoms. The van der Waals surface area contributed by atoms with Gasteiger partial charge < -0.3 is 24.8 Å². The molecule has 8 heteroatoms. The Kier molecular flexibility index (Phi) is 13.7. The minimum absolute atomic E-state index is 0. The Morgan fingerprint density at radius 1 is 1.21 bits per heavy atom. The van der Waals surface area contributed by atoms with Crippen molar-refractivity contribution in [3.05, 3.63) is 29.8 Å². The molecule has 1 aromatic rings. The molecule has 1 saturated heterocycles. The first kappa shape index (κ1) is 26.3. The van der Waals surface area contributed by atoms with Gasteiger partial charge in [0.05, 0.1) is 13.7 Å².